The largest absolute Gasteiger partial charge is 0.451 e. The second-order valence-corrected chi connectivity index (χ2v) is 5.24. The van der Waals surface area contributed by atoms with Crippen molar-refractivity contribution in [3.05, 3.63) is 48.2 Å². The minimum absolute atomic E-state index is 0.0190. The van der Waals surface area contributed by atoms with Gasteiger partial charge in [-0.25, -0.2) is 15.0 Å². The van der Waals surface area contributed by atoms with Crippen molar-refractivity contribution >= 4 is 0 Å². The molecule has 3 aromatic rings. The lowest BCUT2D eigenvalue weighted by atomic mass is 10.2. The Hall–Kier alpha value is -2.98. The third kappa shape index (κ3) is 3.51. The van der Waals surface area contributed by atoms with Crippen molar-refractivity contribution in [2.45, 2.75) is 12.4 Å². The van der Waals surface area contributed by atoms with Crippen molar-refractivity contribution < 1.29 is 26.3 Å². The van der Waals surface area contributed by atoms with Gasteiger partial charge in [0.05, 0.1) is 11.4 Å². The number of hydrogen-bond acceptors (Lipinski definition) is 4. The zero-order valence-corrected chi connectivity index (χ0v) is 13.0. The lowest BCUT2D eigenvalue weighted by Gasteiger charge is -2.06. The van der Waals surface area contributed by atoms with Gasteiger partial charge in [-0.1, -0.05) is 6.07 Å². The molecule has 0 aliphatic carbocycles. The SMILES string of the molecule is Cn1nc(-c2cccc(-c3cnc(C(F)(F)F)nc3)n2)cc1C(F)(F)F. The fraction of sp³-hybridized carbons (Fsp3) is 0.200. The first-order chi connectivity index (χ1) is 12.1. The number of rotatable bonds is 2. The maximum absolute atomic E-state index is 12.9. The Balaban J connectivity index is 1.97. The summed E-state index contributed by atoms with van der Waals surface area (Å²) in [5.41, 5.74) is -0.442. The van der Waals surface area contributed by atoms with Crippen molar-refractivity contribution in [3.63, 3.8) is 0 Å². The van der Waals surface area contributed by atoms with Gasteiger partial charge >= 0.3 is 12.4 Å². The van der Waals surface area contributed by atoms with Gasteiger partial charge in [-0.15, -0.1) is 0 Å². The van der Waals surface area contributed by atoms with E-state index in [0.29, 0.717) is 4.68 Å². The third-order valence-electron chi connectivity index (χ3n) is 3.38. The van der Waals surface area contributed by atoms with Crippen molar-refractivity contribution in [1.82, 2.24) is 24.7 Å². The standard InChI is InChI=1S/C15H9F6N5/c1-26-12(14(16,17)18)5-11(25-26)10-4-2-3-9(24-10)8-6-22-13(23-7-8)15(19,20)21/h2-7H,1H3. The normalized spacial score (nSPS) is 12.4. The van der Waals surface area contributed by atoms with E-state index in [9.17, 15) is 26.3 Å². The summed E-state index contributed by atoms with van der Waals surface area (Å²) >= 11 is 0. The Morgan fingerprint density at radius 1 is 0.846 bits per heavy atom. The maximum atomic E-state index is 12.9. The first-order valence-electron chi connectivity index (χ1n) is 7.04. The van der Waals surface area contributed by atoms with Gasteiger partial charge in [0, 0.05) is 25.0 Å². The Kier molecular flexibility index (Phi) is 4.17. The highest BCUT2D eigenvalue weighted by Crippen LogP contribution is 2.32. The topological polar surface area (TPSA) is 56.5 Å². The molecule has 0 aliphatic rings. The van der Waals surface area contributed by atoms with Crippen LogP contribution in [0.1, 0.15) is 11.5 Å². The summed E-state index contributed by atoms with van der Waals surface area (Å²) in [7, 11) is 1.15. The van der Waals surface area contributed by atoms with E-state index in [4.69, 9.17) is 0 Å². The van der Waals surface area contributed by atoms with E-state index in [1.165, 1.54) is 18.2 Å². The van der Waals surface area contributed by atoms with Crippen LogP contribution in [0, 0.1) is 0 Å². The third-order valence-corrected chi connectivity index (χ3v) is 3.38. The van der Waals surface area contributed by atoms with Crippen LogP contribution >= 0.6 is 0 Å². The van der Waals surface area contributed by atoms with Gasteiger partial charge in [0.15, 0.2) is 0 Å². The molecule has 0 aromatic carbocycles. The molecule has 136 valence electrons. The monoisotopic (exact) mass is 373 g/mol. The molecule has 3 aromatic heterocycles. The summed E-state index contributed by atoms with van der Waals surface area (Å²) in [4.78, 5) is 10.6. The minimum Gasteiger partial charge on any atom is -0.263 e. The number of nitrogens with zero attached hydrogens (tertiary/aromatic N) is 5. The van der Waals surface area contributed by atoms with Crippen molar-refractivity contribution in [3.8, 4) is 22.6 Å². The second kappa shape index (κ2) is 6.07. The minimum atomic E-state index is -4.67. The average molecular weight is 373 g/mol. The van der Waals surface area contributed by atoms with Gasteiger partial charge in [-0.3, -0.25) is 4.68 Å². The van der Waals surface area contributed by atoms with Crippen LogP contribution in [0.3, 0.4) is 0 Å². The van der Waals surface area contributed by atoms with Crippen LogP contribution in [-0.4, -0.2) is 24.7 Å². The first-order valence-corrected chi connectivity index (χ1v) is 7.04. The predicted octanol–water partition coefficient (Wildman–Crippen LogP) is 3.98. The summed E-state index contributed by atoms with van der Waals surface area (Å²) in [6, 6.07) is 5.26. The van der Waals surface area contributed by atoms with Crippen LogP contribution in [0.15, 0.2) is 36.7 Å². The Morgan fingerprint density at radius 2 is 1.46 bits per heavy atom. The molecule has 3 rings (SSSR count). The molecule has 0 N–H and O–H groups in total. The molecule has 0 unspecified atom stereocenters. The molecule has 5 nitrogen and oxygen atoms in total. The van der Waals surface area contributed by atoms with Crippen molar-refractivity contribution in [2.75, 3.05) is 0 Å². The summed E-state index contributed by atoms with van der Waals surface area (Å²) in [5, 5.41) is 3.78. The summed E-state index contributed by atoms with van der Waals surface area (Å²) in [6.45, 7) is 0. The molecule has 3 heterocycles. The van der Waals surface area contributed by atoms with Gasteiger partial charge in [0.25, 0.3) is 0 Å². The predicted molar refractivity (Wildman–Crippen MR) is 77.5 cm³/mol. The lowest BCUT2D eigenvalue weighted by molar-refractivity contribution is -0.145. The molecule has 0 radical (unpaired) electrons. The van der Waals surface area contributed by atoms with Crippen molar-refractivity contribution in [2.24, 2.45) is 7.05 Å². The Morgan fingerprint density at radius 3 is 2.00 bits per heavy atom. The van der Waals surface area contributed by atoms with Gasteiger partial charge in [-0.05, 0) is 18.2 Å². The van der Waals surface area contributed by atoms with Crippen LogP contribution in [0.4, 0.5) is 26.3 Å². The van der Waals surface area contributed by atoms with Crippen LogP contribution < -0.4 is 0 Å². The summed E-state index contributed by atoms with van der Waals surface area (Å²) in [6.07, 6.45) is -7.35. The molecule has 0 atom stereocenters. The lowest BCUT2D eigenvalue weighted by Crippen LogP contribution is -2.11. The Labute approximate surface area is 142 Å². The number of aromatic nitrogens is 5. The van der Waals surface area contributed by atoms with E-state index in [-0.39, 0.29) is 22.6 Å². The Bertz CT molecular complexity index is 927. The zero-order chi connectivity index (χ0) is 19.1. The van der Waals surface area contributed by atoms with E-state index in [0.717, 1.165) is 25.5 Å². The van der Waals surface area contributed by atoms with Crippen LogP contribution in [0.5, 0.6) is 0 Å². The number of halogens is 6. The average Bonchev–Trinajstić information content (AvgIpc) is 2.96. The molecule has 26 heavy (non-hydrogen) atoms. The highest BCUT2D eigenvalue weighted by molar-refractivity contribution is 5.63. The summed E-state index contributed by atoms with van der Waals surface area (Å²) in [5.74, 6) is -1.29. The number of pyridine rings is 1. The molecule has 0 amide bonds. The van der Waals surface area contributed by atoms with E-state index in [1.54, 1.807) is 0 Å². The second-order valence-electron chi connectivity index (χ2n) is 5.24. The zero-order valence-electron chi connectivity index (χ0n) is 13.0. The van der Waals surface area contributed by atoms with Gasteiger partial charge in [0.2, 0.25) is 5.82 Å². The van der Waals surface area contributed by atoms with Crippen LogP contribution in [-0.2, 0) is 19.4 Å². The van der Waals surface area contributed by atoms with Crippen LogP contribution in [0.25, 0.3) is 22.6 Å². The molecule has 11 heteroatoms. The van der Waals surface area contributed by atoms with Gasteiger partial charge in [0.1, 0.15) is 11.4 Å². The van der Waals surface area contributed by atoms with Gasteiger partial charge < -0.3 is 0 Å². The molecule has 0 fully saturated rings. The molecular formula is C15H9F6N5. The van der Waals surface area contributed by atoms with E-state index in [2.05, 4.69) is 20.1 Å². The van der Waals surface area contributed by atoms with Gasteiger partial charge in [-0.2, -0.15) is 31.4 Å². The molecular weight excluding hydrogens is 364 g/mol. The highest BCUT2D eigenvalue weighted by atomic mass is 19.4. The first kappa shape index (κ1) is 17.8. The van der Waals surface area contributed by atoms with E-state index < -0.39 is 23.9 Å². The van der Waals surface area contributed by atoms with Crippen LogP contribution in [0.2, 0.25) is 0 Å². The molecule has 0 spiro atoms. The fourth-order valence-corrected chi connectivity index (χ4v) is 2.20. The summed E-state index contributed by atoms with van der Waals surface area (Å²) < 4.78 is 76.8. The number of aryl methyl sites for hydroxylation is 1. The number of hydrogen-bond donors (Lipinski definition) is 0. The molecule has 0 saturated carbocycles. The quantitative estimate of drug-likeness (QED) is 0.638. The fourth-order valence-electron chi connectivity index (χ4n) is 2.20. The smallest absolute Gasteiger partial charge is 0.263 e. The number of alkyl halides is 6. The maximum Gasteiger partial charge on any atom is 0.451 e. The van der Waals surface area contributed by atoms with E-state index in [1.807, 2.05) is 0 Å². The molecule has 0 saturated heterocycles. The molecule has 0 aliphatic heterocycles. The van der Waals surface area contributed by atoms with E-state index >= 15 is 0 Å². The van der Waals surface area contributed by atoms with Crippen molar-refractivity contribution in [1.29, 1.82) is 0 Å². The molecule has 0 bridgehead atoms. The highest BCUT2D eigenvalue weighted by Gasteiger charge is 2.35.